The summed E-state index contributed by atoms with van der Waals surface area (Å²) < 4.78 is 6.24. The van der Waals surface area contributed by atoms with Crippen LogP contribution in [0, 0.1) is 0 Å². The third-order valence-electron chi connectivity index (χ3n) is 2.55. The molecule has 1 aromatic carbocycles. The molecule has 0 fully saturated rings. The molecule has 0 aliphatic carbocycles. The minimum atomic E-state index is -0.372. The number of carbonyl (C=O) groups is 1. The smallest absolute Gasteiger partial charge is 0.353 e. The Labute approximate surface area is 118 Å². The van der Waals surface area contributed by atoms with Crippen LogP contribution in [0.3, 0.4) is 0 Å². The molecule has 3 nitrogen and oxygen atoms in total. The number of rotatable bonds is 2. The van der Waals surface area contributed by atoms with Gasteiger partial charge >= 0.3 is 5.97 Å². The molecule has 94 valence electrons. The molecule has 0 saturated carbocycles. The van der Waals surface area contributed by atoms with Crippen LogP contribution in [0.1, 0.15) is 9.67 Å². The monoisotopic (exact) mass is 289 g/mol. The number of thiophene rings is 1. The van der Waals surface area contributed by atoms with Gasteiger partial charge in [-0.25, -0.2) is 4.79 Å². The van der Waals surface area contributed by atoms with Crippen LogP contribution in [-0.2, 0) is 0 Å². The summed E-state index contributed by atoms with van der Waals surface area (Å²) in [6, 6.07) is 10.4. The van der Waals surface area contributed by atoms with E-state index in [1.165, 1.54) is 11.3 Å². The largest absolute Gasteiger partial charge is 0.422 e. The Morgan fingerprint density at radius 2 is 2.00 bits per heavy atom. The van der Waals surface area contributed by atoms with Gasteiger partial charge in [0.05, 0.1) is 4.70 Å². The Morgan fingerprint density at radius 3 is 2.74 bits per heavy atom. The molecule has 0 bridgehead atoms. The van der Waals surface area contributed by atoms with E-state index in [9.17, 15) is 4.79 Å². The second kappa shape index (κ2) is 4.99. The van der Waals surface area contributed by atoms with Crippen molar-refractivity contribution >= 4 is 39.0 Å². The molecule has 2 aromatic heterocycles. The predicted octanol–water partition coefficient (Wildman–Crippen LogP) is 4.17. The number of aromatic nitrogens is 1. The highest BCUT2D eigenvalue weighted by atomic mass is 35.5. The topological polar surface area (TPSA) is 39.2 Å². The SMILES string of the molecule is O=C(Oc1ccc(Cl)cc1)c1cc2ccncc2s1. The highest BCUT2D eigenvalue weighted by Crippen LogP contribution is 2.26. The van der Waals surface area contributed by atoms with Gasteiger partial charge in [0.15, 0.2) is 0 Å². The van der Waals surface area contributed by atoms with Crippen molar-refractivity contribution in [3.05, 3.63) is 58.7 Å². The Kier molecular flexibility index (Phi) is 3.19. The number of ether oxygens (including phenoxy) is 1. The molecule has 0 unspecified atom stereocenters. The zero-order valence-electron chi connectivity index (χ0n) is 9.67. The van der Waals surface area contributed by atoms with Crippen molar-refractivity contribution < 1.29 is 9.53 Å². The van der Waals surface area contributed by atoms with E-state index in [-0.39, 0.29) is 5.97 Å². The van der Waals surface area contributed by atoms with Gasteiger partial charge in [-0.1, -0.05) is 11.6 Å². The van der Waals surface area contributed by atoms with Gasteiger partial charge < -0.3 is 4.74 Å². The highest BCUT2D eigenvalue weighted by Gasteiger charge is 2.12. The van der Waals surface area contributed by atoms with E-state index >= 15 is 0 Å². The van der Waals surface area contributed by atoms with E-state index in [4.69, 9.17) is 16.3 Å². The van der Waals surface area contributed by atoms with Crippen LogP contribution >= 0.6 is 22.9 Å². The van der Waals surface area contributed by atoms with E-state index in [0.717, 1.165) is 10.1 Å². The molecule has 0 saturated heterocycles. The molecule has 0 radical (unpaired) electrons. The van der Waals surface area contributed by atoms with Gasteiger partial charge in [0.25, 0.3) is 0 Å². The van der Waals surface area contributed by atoms with Crippen LogP contribution in [0.15, 0.2) is 48.8 Å². The maximum absolute atomic E-state index is 12.0. The molecular formula is C14H8ClNO2S. The third-order valence-corrected chi connectivity index (χ3v) is 3.87. The standard InChI is InChI=1S/C14H8ClNO2S/c15-10-1-3-11(4-2-10)18-14(17)12-7-9-5-6-16-8-13(9)19-12/h1-8H. The minimum absolute atomic E-state index is 0.372. The van der Waals surface area contributed by atoms with Gasteiger partial charge in [-0.2, -0.15) is 0 Å². The average Bonchev–Trinajstić information content (AvgIpc) is 2.85. The number of nitrogens with zero attached hydrogens (tertiary/aromatic N) is 1. The normalized spacial score (nSPS) is 10.6. The van der Waals surface area contributed by atoms with Crippen molar-refractivity contribution in [1.29, 1.82) is 0 Å². The van der Waals surface area contributed by atoms with Gasteiger partial charge in [0, 0.05) is 17.4 Å². The number of benzene rings is 1. The molecule has 0 aliphatic rings. The maximum atomic E-state index is 12.0. The van der Waals surface area contributed by atoms with Gasteiger partial charge in [-0.05, 0) is 41.8 Å². The molecule has 3 rings (SSSR count). The van der Waals surface area contributed by atoms with Crippen LogP contribution < -0.4 is 4.74 Å². The molecule has 2 heterocycles. The summed E-state index contributed by atoms with van der Waals surface area (Å²) in [5.74, 6) is 0.105. The van der Waals surface area contributed by atoms with Crippen LogP contribution in [0.25, 0.3) is 10.1 Å². The Morgan fingerprint density at radius 1 is 1.21 bits per heavy atom. The quantitative estimate of drug-likeness (QED) is 0.525. The maximum Gasteiger partial charge on any atom is 0.353 e. The molecule has 0 aliphatic heterocycles. The van der Waals surface area contributed by atoms with E-state index in [0.29, 0.717) is 15.6 Å². The zero-order valence-corrected chi connectivity index (χ0v) is 11.2. The fourth-order valence-electron chi connectivity index (χ4n) is 1.64. The van der Waals surface area contributed by atoms with Crippen LogP contribution in [0.5, 0.6) is 5.75 Å². The van der Waals surface area contributed by atoms with Gasteiger partial charge in [-0.15, -0.1) is 11.3 Å². The number of hydrogen-bond acceptors (Lipinski definition) is 4. The van der Waals surface area contributed by atoms with Gasteiger partial charge in [0.1, 0.15) is 10.6 Å². The number of pyridine rings is 1. The minimum Gasteiger partial charge on any atom is -0.422 e. The molecule has 5 heteroatoms. The van der Waals surface area contributed by atoms with Crippen molar-refractivity contribution in [3.8, 4) is 5.75 Å². The van der Waals surface area contributed by atoms with E-state index in [2.05, 4.69) is 4.98 Å². The summed E-state index contributed by atoms with van der Waals surface area (Å²) in [4.78, 5) is 16.6. The lowest BCUT2D eigenvalue weighted by molar-refractivity contribution is 0.0740. The van der Waals surface area contributed by atoms with Crippen molar-refractivity contribution in [2.24, 2.45) is 0 Å². The lowest BCUT2D eigenvalue weighted by Gasteiger charge is -2.01. The predicted molar refractivity (Wildman–Crippen MR) is 76.0 cm³/mol. The summed E-state index contributed by atoms with van der Waals surface area (Å²) in [6.45, 7) is 0. The number of carbonyl (C=O) groups excluding carboxylic acids is 1. The lowest BCUT2D eigenvalue weighted by atomic mass is 10.3. The second-order valence-electron chi connectivity index (χ2n) is 3.87. The lowest BCUT2D eigenvalue weighted by Crippen LogP contribution is -2.05. The first-order valence-corrected chi connectivity index (χ1v) is 6.73. The first-order chi connectivity index (χ1) is 9.22. The highest BCUT2D eigenvalue weighted by molar-refractivity contribution is 7.20. The van der Waals surface area contributed by atoms with Crippen molar-refractivity contribution in [1.82, 2.24) is 4.98 Å². The summed E-state index contributed by atoms with van der Waals surface area (Å²) in [5.41, 5.74) is 0. The molecule has 0 atom stereocenters. The molecule has 0 N–H and O–H groups in total. The van der Waals surface area contributed by atoms with Crippen molar-refractivity contribution in [2.45, 2.75) is 0 Å². The summed E-state index contributed by atoms with van der Waals surface area (Å²) in [5, 5.41) is 1.59. The van der Waals surface area contributed by atoms with Gasteiger partial charge in [-0.3, -0.25) is 4.98 Å². The second-order valence-corrected chi connectivity index (χ2v) is 5.39. The zero-order chi connectivity index (χ0) is 13.2. The molecule has 0 spiro atoms. The molecule has 0 amide bonds. The number of esters is 1. The summed E-state index contributed by atoms with van der Waals surface area (Å²) >= 11 is 7.14. The van der Waals surface area contributed by atoms with Crippen LogP contribution in [0.4, 0.5) is 0 Å². The van der Waals surface area contributed by atoms with Crippen LogP contribution in [0.2, 0.25) is 5.02 Å². The number of hydrogen-bond donors (Lipinski definition) is 0. The van der Waals surface area contributed by atoms with Crippen molar-refractivity contribution in [3.63, 3.8) is 0 Å². The fraction of sp³-hybridized carbons (Fsp3) is 0. The third kappa shape index (κ3) is 2.59. The summed E-state index contributed by atoms with van der Waals surface area (Å²) in [6.07, 6.45) is 3.43. The van der Waals surface area contributed by atoms with E-state index < -0.39 is 0 Å². The van der Waals surface area contributed by atoms with E-state index in [1.807, 2.05) is 6.07 Å². The molecule has 3 aromatic rings. The Bertz CT molecular complexity index is 704. The number of fused-ring (bicyclic) bond motifs is 1. The van der Waals surface area contributed by atoms with Crippen molar-refractivity contribution in [2.75, 3.05) is 0 Å². The van der Waals surface area contributed by atoms with Crippen LogP contribution in [-0.4, -0.2) is 11.0 Å². The number of halogens is 1. The average molecular weight is 290 g/mol. The molecular weight excluding hydrogens is 282 g/mol. The van der Waals surface area contributed by atoms with Gasteiger partial charge in [0.2, 0.25) is 0 Å². The van der Waals surface area contributed by atoms with E-state index in [1.54, 1.807) is 42.7 Å². The first kappa shape index (κ1) is 12.1. The molecule has 19 heavy (non-hydrogen) atoms. The summed E-state index contributed by atoms with van der Waals surface area (Å²) in [7, 11) is 0. The fourth-order valence-corrected chi connectivity index (χ4v) is 2.68. The Balaban J connectivity index is 1.85. The Hall–Kier alpha value is -1.91. The first-order valence-electron chi connectivity index (χ1n) is 5.54.